The molecule has 50 heavy (non-hydrogen) atoms. The van der Waals surface area contributed by atoms with Crippen molar-refractivity contribution in [2.75, 3.05) is 0 Å². The molecule has 0 amide bonds. The number of rotatable bonds is 4. The lowest BCUT2D eigenvalue weighted by atomic mass is 9.84. The second kappa shape index (κ2) is 11.6. The van der Waals surface area contributed by atoms with E-state index in [4.69, 9.17) is 0 Å². The first-order chi connectivity index (χ1) is 24.8. The summed E-state index contributed by atoms with van der Waals surface area (Å²) in [5.41, 5.74) is 10.0. The van der Waals surface area contributed by atoms with Crippen LogP contribution in [0, 0.1) is 0 Å². The van der Waals surface area contributed by atoms with E-state index in [9.17, 15) is 0 Å². The van der Waals surface area contributed by atoms with Crippen LogP contribution < -0.4 is 0 Å². The van der Waals surface area contributed by atoms with Crippen LogP contribution in [0.2, 0.25) is 0 Å². The van der Waals surface area contributed by atoms with Gasteiger partial charge in [0.05, 0.1) is 0 Å². The molecule has 10 rings (SSSR count). The van der Waals surface area contributed by atoms with Crippen molar-refractivity contribution in [3.63, 3.8) is 0 Å². The van der Waals surface area contributed by atoms with Crippen LogP contribution in [0.4, 0.5) is 0 Å². The standard InChI is InChI=1S/C50H32/c1-2-14-36-30-37(27-24-33(36)12-1)42-17-5-6-18-43(42)38-28-25-34-26-29-39(32-40(34)31-38)49-45-19-7-9-21-47(45)50(48-22-10-8-20-46(48)49)44-23-11-15-35-13-3-4-16-41(35)44/h1-32H. The van der Waals surface area contributed by atoms with Crippen LogP contribution in [0.1, 0.15) is 0 Å². The van der Waals surface area contributed by atoms with Gasteiger partial charge in [-0.25, -0.2) is 0 Å². The maximum absolute atomic E-state index is 2.39. The largest absolute Gasteiger partial charge is 0.0616 e. The molecule has 0 nitrogen and oxygen atoms in total. The fourth-order valence-electron chi connectivity index (χ4n) is 8.09. The van der Waals surface area contributed by atoms with E-state index in [0.29, 0.717) is 0 Å². The van der Waals surface area contributed by atoms with Gasteiger partial charge in [-0.1, -0.05) is 176 Å². The molecule has 0 aliphatic heterocycles. The highest BCUT2D eigenvalue weighted by Crippen LogP contribution is 2.46. The van der Waals surface area contributed by atoms with E-state index in [1.54, 1.807) is 0 Å². The van der Waals surface area contributed by atoms with Crippen molar-refractivity contribution in [3.8, 4) is 44.5 Å². The lowest BCUT2D eigenvalue weighted by molar-refractivity contribution is 1.61. The Bertz CT molecular complexity index is 2860. The number of hydrogen-bond acceptors (Lipinski definition) is 0. The fourth-order valence-corrected chi connectivity index (χ4v) is 8.09. The van der Waals surface area contributed by atoms with Crippen LogP contribution in [0.25, 0.3) is 98.4 Å². The van der Waals surface area contributed by atoms with Gasteiger partial charge in [0.25, 0.3) is 0 Å². The second-order valence-electron chi connectivity index (χ2n) is 13.3. The van der Waals surface area contributed by atoms with Crippen molar-refractivity contribution in [2.24, 2.45) is 0 Å². The summed E-state index contributed by atoms with van der Waals surface area (Å²) in [6.45, 7) is 0. The molecule has 232 valence electrons. The molecule has 0 saturated carbocycles. The van der Waals surface area contributed by atoms with Crippen molar-refractivity contribution in [2.45, 2.75) is 0 Å². The SMILES string of the molecule is c1ccc(-c2ccc3ccc(-c4c5ccccc5c(-c5cccc6ccccc56)c5ccccc45)cc3c2)c(-c2ccc3ccccc3c2)c1. The number of benzene rings is 10. The van der Waals surface area contributed by atoms with Crippen LogP contribution in [0.15, 0.2) is 194 Å². The molecular formula is C50H32. The summed E-state index contributed by atoms with van der Waals surface area (Å²) in [7, 11) is 0. The minimum absolute atomic E-state index is 1.22. The number of hydrogen-bond donors (Lipinski definition) is 0. The molecule has 0 radical (unpaired) electrons. The lowest BCUT2D eigenvalue weighted by Gasteiger charge is -2.19. The smallest absolute Gasteiger partial charge is 0.00201 e. The van der Waals surface area contributed by atoms with E-state index < -0.39 is 0 Å². The Morgan fingerprint density at radius 2 is 0.600 bits per heavy atom. The third-order valence-corrected chi connectivity index (χ3v) is 10.4. The molecule has 0 aromatic heterocycles. The highest BCUT2D eigenvalue weighted by molar-refractivity contribution is 6.23. The Kier molecular flexibility index (Phi) is 6.60. The van der Waals surface area contributed by atoms with Crippen LogP contribution >= 0.6 is 0 Å². The molecule has 0 N–H and O–H groups in total. The zero-order chi connectivity index (χ0) is 33.0. The van der Waals surface area contributed by atoms with Gasteiger partial charge in [-0.15, -0.1) is 0 Å². The van der Waals surface area contributed by atoms with Crippen molar-refractivity contribution < 1.29 is 0 Å². The van der Waals surface area contributed by atoms with Crippen LogP contribution in [-0.2, 0) is 0 Å². The van der Waals surface area contributed by atoms with Gasteiger partial charge in [-0.2, -0.15) is 0 Å². The van der Waals surface area contributed by atoms with Gasteiger partial charge in [0.15, 0.2) is 0 Å². The Hall–Kier alpha value is -6.50. The first-order valence-corrected chi connectivity index (χ1v) is 17.3. The average Bonchev–Trinajstić information content (AvgIpc) is 3.19. The molecule has 0 bridgehead atoms. The molecule has 0 atom stereocenters. The van der Waals surface area contributed by atoms with E-state index >= 15 is 0 Å². The molecule has 0 heterocycles. The van der Waals surface area contributed by atoms with Gasteiger partial charge in [-0.3, -0.25) is 0 Å². The van der Waals surface area contributed by atoms with Gasteiger partial charge in [0.2, 0.25) is 0 Å². The third kappa shape index (κ3) is 4.61. The maximum atomic E-state index is 2.39. The quantitative estimate of drug-likeness (QED) is 0.169. The van der Waals surface area contributed by atoms with Crippen molar-refractivity contribution in [1.82, 2.24) is 0 Å². The van der Waals surface area contributed by atoms with Crippen molar-refractivity contribution in [1.29, 1.82) is 0 Å². The summed E-state index contributed by atoms with van der Waals surface area (Å²) in [5, 5.41) is 12.6. The Labute approximate surface area is 291 Å². The van der Waals surface area contributed by atoms with E-state index in [0.717, 1.165) is 0 Å². The molecule has 0 unspecified atom stereocenters. The maximum Gasteiger partial charge on any atom is -0.00201 e. The minimum atomic E-state index is 1.22. The number of fused-ring (bicyclic) bond motifs is 5. The third-order valence-electron chi connectivity index (χ3n) is 10.4. The summed E-state index contributed by atoms with van der Waals surface area (Å²) >= 11 is 0. The first kappa shape index (κ1) is 28.5. The van der Waals surface area contributed by atoms with Gasteiger partial charge in [-0.05, 0) is 117 Å². The average molecular weight is 633 g/mol. The zero-order valence-corrected chi connectivity index (χ0v) is 27.5. The van der Waals surface area contributed by atoms with Crippen LogP contribution in [-0.4, -0.2) is 0 Å². The Morgan fingerprint density at radius 3 is 1.24 bits per heavy atom. The summed E-state index contributed by atoms with van der Waals surface area (Å²) in [6, 6.07) is 71.4. The monoisotopic (exact) mass is 632 g/mol. The molecule has 10 aromatic carbocycles. The lowest BCUT2D eigenvalue weighted by Crippen LogP contribution is -1.92. The molecule has 10 aromatic rings. The van der Waals surface area contributed by atoms with E-state index in [1.807, 2.05) is 0 Å². The fraction of sp³-hybridized carbons (Fsp3) is 0. The zero-order valence-electron chi connectivity index (χ0n) is 27.5. The summed E-state index contributed by atoms with van der Waals surface area (Å²) in [4.78, 5) is 0. The topological polar surface area (TPSA) is 0 Å². The van der Waals surface area contributed by atoms with E-state index in [-0.39, 0.29) is 0 Å². The second-order valence-corrected chi connectivity index (χ2v) is 13.3. The van der Waals surface area contributed by atoms with Crippen molar-refractivity contribution in [3.05, 3.63) is 194 Å². The molecule has 0 aliphatic carbocycles. The van der Waals surface area contributed by atoms with Gasteiger partial charge in [0, 0.05) is 0 Å². The molecule has 0 fully saturated rings. The Balaban J connectivity index is 1.17. The van der Waals surface area contributed by atoms with E-state index in [2.05, 4.69) is 194 Å². The van der Waals surface area contributed by atoms with Gasteiger partial charge < -0.3 is 0 Å². The molecule has 0 heteroatoms. The molecular weight excluding hydrogens is 601 g/mol. The first-order valence-electron chi connectivity index (χ1n) is 17.3. The van der Waals surface area contributed by atoms with Crippen molar-refractivity contribution >= 4 is 53.9 Å². The Morgan fingerprint density at radius 1 is 0.200 bits per heavy atom. The molecule has 0 aliphatic rings. The van der Waals surface area contributed by atoms with Crippen LogP contribution in [0.3, 0.4) is 0 Å². The van der Waals surface area contributed by atoms with Gasteiger partial charge >= 0.3 is 0 Å². The minimum Gasteiger partial charge on any atom is -0.0616 e. The summed E-state index contributed by atoms with van der Waals surface area (Å²) in [5.74, 6) is 0. The normalized spacial score (nSPS) is 11.6. The highest BCUT2D eigenvalue weighted by Gasteiger charge is 2.18. The predicted octanol–water partition coefficient (Wildman–Crippen LogP) is 14.1. The highest BCUT2D eigenvalue weighted by atomic mass is 14.2. The van der Waals surface area contributed by atoms with Gasteiger partial charge in [0.1, 0.15) is 0 Å². The van der Waals surface area contributed by atoms with Crippen LogP contribution in [0.5, 0.6) is 0 Å². The predicted molar refractivity (Wildman–Crippen MR) is 216 cm³/mol. The molecule has 0 spiro atoms. The molecule has 0 saturated heterocycles. The summed E-state index contributed by atoms with van der Waals surface area (Å²) < 4.78 is 0. The van der Waals surface area contributed by atoms with E-state index in [1.165, 1.54) is 98.4 Å². The summed E-state index contributed by atoms with van der Waals surface area (Å²) in [6.07, 6.45) is 0.